The largest absolute Gasteiger partial charge is 0.457 e. The molecule has 3 heterocycles. The van der Waals surface area contributed by atoms with Crippen LogP contribution in [0.15, 0.2) is 97.0 Å². The van der Waals surface area contributed by atoms with Crippen LogP contribution in [0.2, 0.25) is 0 Å². The minimum absolute atomic E-state index is 0.00600. The van der Waals surface area contributed by atoms with Crippen molar-refractivity contribution in [1.82, 2.24) is 19.4 Å². The quantitative estimate of drug-likeness (QED) is 0.244. The van der Waals surface area contributed by atoms with E-state index in [2.05, 4.69) is 9.97 Å². The summed E-state index contributed by atoms with van der Waals surface area (Å²) in [5.41, 5.74) is 10.2. The van der Waals surface area contributed by atoms with E-state index in [1.807, 2.05) is 95.7 Å². The number of benzene rings is 3. The smallest absolute Gasteiger partial charge is 0.264 e. The van der Waals surface area contributed by atoms with Gasteiger partial charge in [-0.25, -0.2) is 9.97 Å². The molecule has 40 heavy (non-hydrogen) atoms. The van der Waals surface area contributed by atoms with Crippen LogP contribution >= 0.6 is 0 Å². The Balaban J connectivity index is 1.36. The van der Waals surface area contributed by atoms with Crippen molar-refractivity contribution in [1.29, 1.82) is 5.26 Å². The van der Waals surface area contributed by atoms with Crippen molar-refractivity contribution in [2.45, 2.75) is 6.10 Å². The molecule has 0 bridgehead atoms. The Morgan fingerprint density at radius 2 is 1.77 bits per heavy atom. The highest BCUT2D eigenvalue weighted by Gasteiger charge is 2.30. The molecule has 0 spiro atoms. The molecule has 1 fully saturated rings. The SMILES string of the molecule is N#CC(=Cc1cccc(-n2cc(-c3ccc(Oc4ccccc4)cc3)c3c(N)ncnc32)c1)C(=O)N1CC(O)C1. The fourth-order valence-corrected chi connectivity index (χ4v) is 4.69. The van der Waals surface area contributed by atoms with Gasteiger partial charge in [0.05, 0.1) is 11.5 Å². The second kappa shape index (κ2) is 10.4. The van der Waals surface area contributed by atoms with Gasteiger partial charge < -0.3 is 25.0 Å². The van der Waals surface area contributed by atoms with E-state index >= 15 is 0 Å². The predicted octanol–water partition coefficient (Wildman–Crippen LogP) is 4.57. The van der Waals surface area contributed by atoms with E-state index in [9.17, 15) is 15.2 Å². The number of para-hydroxylation sites is 1. The molecule has 3 N–H and O–H groups in total. The minimum Gasteiger partial charge on any atom is -0.457 e. The zero-order chi connectivity index (χ0) is 27.6. The summed E-state index contributed by atoms with van der Waals surface area (Å²) in [6.45, 7) is 0.465. The van der Waals surface area contributed by atoms with E-state index in [-0.39, 0.29) is 18.7 Å². The number of aromatic nitrogens is 3. The number of carbonyl (C=O) groups is 1. The maximum Gasteiger partial charge on any atom is 0.264 e. The molecule has 1 amide bonds. The van der Waals surface area contributed by atoms with E-state index < -0.39 is 12.0 Å². The first-order valence-electron chi connectivity index (χ1n) is 12.6. The number of ether oxygens (including phenoxy) is 1. The summed E-state index contributed by atoms with van der Waals surface area (Å²) in [6, 6.07) is 26.7. The van der Waals surface area contributed by atoms with Crippen molar-refractivity contribution >= 4 is 28.8 Å². The second-order valence-corrected chi connectivity index (χ2v) is 9.44. The number of aliphatic hydroxyl groups excluding tert-OH is 1. The van der Waals surface area contributed by atoms with Gasteiger partial charge >= 0.3 is 0 Å². The van der Waals surface area contributed by atoms with Crippen LogP contribution in [0.3, 0.4) is 0 Å². The van der Waals surface area contributed by atoms with Crippen LogP contribution in [0, 0.1) is 11.3 Å². The fourth-order valence-electron chi connectivity index (χ4n) is 4.69. The van der Waals surface area contributed by atoms with Gasteiger partial charge in [-0.05, 0) is 53.6 Å². The second-order valence-electron chi connectivity index (χ2n) is 9.44. The number of likely N-dealkylation sites (tertiary alicyclic amines) is 1. The lowest BCUT2D eigenvalue weighted by Gasteiger charge is -2.35. The van der Waals surface area contributed by atoms with Crippen LogP contribution in [-0.4, -0.2) is 49.6 Å². The number of rotatable bonds is 6. The summed E-state index contributed by atoms with van der Waals surface area (Å²) >= 11 is 0. The van der Waals surface area contributed by atoms with Crippen molar-refractivity contribution in [2.24, 2.45) is 0 Å². The van der Waals surface area contributed by atoms with Crippen molar-refractivity contribution in [2.75, 3.05) is 18.8 Å². The van der Waals surface area contributed by atoms with E-state index in [0.717, 1.165) is 22.6 Å². The molecule has 196 valence electrons. The third kappa shape index (κ3) is 4.75. The first kappa shape index (κ1) is 24.9. The monoisotopic (exact) mass is 528 g/mol. The van der Waals surface area contributed by atoms with E-state index in [1.54, 1.807) is 6.08 Å². The lowest BCUT2D eigenvalue weighted by molar-refractivity contribution is -0.136. The van der Waals surface area contributed by atoms with Gasteiger partial charge in [-0.2, -0.15) is 5.26 Å². The number of hydrogen-bond acceptors (Lipinski definition) is 7. The molecule has 1 aliphatic heterocycles. The fraction of sp³-hybridized carbons (Fsp3) is 0.0968. The zero-order valence-electron chi connectivity index (χ0n) is 21.3. The molecule has 0 saturated carbocycles. The molecule has 9 heteroatoms. The number of nitriles is 1. The molecule has 9 nitrogen and oxygen atoms in total. The molecule has 0 aliphatic carbocycles. The Bertz CT molecular complexity index is 1780. The Morgan fingerprint density at radius 3 is 2.50 bits per heavy atom. The molecular weight excluding hydrogens is 504 g/mol. The molecule has 6 rings (SSSR count). The highest BCUT2D eigenvalue weighted by atomic mass is 16.5. The van der Waals surface area contributed by atoms with Crippen LogP contribution in [0.4, 0.5) is 5.82 Å². The normalized spacial score (nSPS) is 13.6. The lowest BCUT2D eigenvalue weighted by atomic mass is 10.1. The van der Waals surface area contributed by atoms with Gasteiger partial charge in [-0.3, -0.25) is 4.79 Å². The highest BCUT2D eigenvalue weighted by molar-refractivity contribution is 6.03. The molecule has 5 aromatic rings. The summed E-state index contributed by atoms with van der Waals surface area (Å²) in [5, 5.41) is 19.8. The third-order valence-electron chi connectivity index (χ3n) is 6.72. The zero-order valence-corrected chi connectivity index (χ0v) is 21.3. The molecule has 3 aromatic carbocycles. The van der Waals surface area contributed by atoms with Crippen molar-refractivity contribution in [3.63, 3.8) is 0 Å². The van der Waals surface area contributed by atoms with Gasteiger partial charge in [-0.15, -0.1) is 0 Å². The lowest BCUT2D eigenvalue weighted by Crippen LogP contribution is -2.53. The number of carbonyl (C=O) groups excluding carboxylic acids is 1. The molecule has 0 radical (unpaired) electrons. The van der Waals surface area contributed by atoms with Gasteiger partial charge in [0.15, 0.2) is 5.65 Å². The van der Waals surface area contributed by atoms with Crippen LogP contribution in [0.1, 0.15) is 5.56 Å². The molecule has 1 saturated heterocycles. The average Bonchev–Trinajstić information content (AvgIpc) is 3.36. The molecule has 0 atom stereocenters. The highest BCUT2D eigenvalue weighted by Crippen LogP contribution is 2.35. The number of hydrogen-bond donors (Lipinski definition) is 2. The standard InChI is InChI=1S/C31H24N6O3/c32-15-22(31(39)36-16-24(38)17-36)13-20-5-4-6-23(14-20)37-18-27(28-29(33)34-19-35-30(28)37)21-9-11-26(12-10-21)40-25-7-2-1-3-8-25/h1-14,18-19,24,38H,16-17H2,(H2,33,34,35). The number of β-amino-alcohol motifs (C(OH)–C–C–N with tert-alkyl or cyclic N) is 1. The number of nitrogen functional groups attached to an aromatic ring is 1. The number of nitrogens with two attached hydrogens (primary N) is 1. The van der Waals surface area contributed by atoms with Crippen molar-refractivity contribution in [3.05, 3.63) is 103 Å². The Hall–Kier alpha value is -5.46. The first-order chi connectivity index (χ1) is 19.5. The summed E-state index contributed by atoms with van der Waals surface area (Å²) in [7, 11) is 0. The number of nitrogens with zero attached hydrogens (tertiary/aromatic N) is 5. The number of aliphatic hydroxyl groups is 1. The molecule has 2 aromatic heterocycles. The predicted molar refractivity (Wildman–Crippen MR) is 151 cm³/mol. The van der Waals surface area contributed by atoms with Gasteiger partial charge in [0.2, 0.25) is 0 Å². The van der Waals surface area contributed by atoms with Gasteiger partial charge in [-0.1, -0.05) is 42.5 Å². The Kier molecular flexibility index (Phi) is 6.44. The molecule has 0 unspecified atom stereocenters. The Morgan fingerprint density at radius 1 is 1.02 bits per heavy atom. The van der Waals surface area contributed by atoms with Crippen LogP contribution in [0.25, 0.3) is 33.9 Å². The van der Waals surface area contributed by atoms with Crippen LogP contribution in [0.5, 0.6) is 11.5 Å². The van der Waals surface area contributed by atoms with Crippen LogP contribution < -0.4 is 10.5 Å². The summed E-state index contributed by atoms with van der Waals surface area (Å²) < 4.78 is 7.85. The average molecular weight is 529 g/mol. The van der Waals surface area contributed by atoms with E-state index in [1.165, 1.54) is 11.2 Å². The third-order valence-corrected chi connectivity index (χ3v) is 6.72. The number of fused-ring (bicyclic) bond motifs is 1. The Labute approximate surface area is 230 Å². The van der Waals surface area contributed by atoms with Crippen molar-refractivity contribution in [3.8, 4) is 34.4 Å². The van der Waals surface area contributed by atoms with Gasteiger partial charge in [0.25, 0.3) is 5.91 Å². The van der Waals surface area contributed by atoms with Gasteiger partial charge in [0, 0.05) is 30.5 Å². The summed E-state index contributed by atoms with van der Waals surface area (Å²) in [5.74, 6) is 1.42. The van der Waals surface area contributed by atoms with E-state index in [4.69, 9.17) is 10.5 Å². The first-order valence-corrected chi connectivity index (χ1v) is 12.6. The number of amides is 1. The summed E-state index contributed by atoms with van der Waals surface area (Å²) in [4.78, 5) is 22.8. The maximum atomic E-state index is 12.6. The minimum atomic E-state index is -0.537. The molecule has 1 aliphatic rings. The number of anilines is 1. The topological polar surface area (TPSA) is 130 Å². The van der Waals surface area contributed by atoms with Crippen molar-refractivity contribution < 1.29 is 14.6 Å². The van der Waals surface area contributed by atoms with Gasteiger partial charge in [0.1, 0.15) is 35.3 Å². The maximum absolute atomic E-state index is 12.6. The van der Waals surface area contributed by atoms with E-state index in [0.29, 0.717) is 28.2 Å². The van der Waals surface area contributed by atoms with Crippen LogP contribution in [-0.2, 0) is 4.79 Å². The summed E-state index contributed by atoms with van der Waals surface area (Å²) in [6.07, 6.45) is 4.39. The molecular formula is C31H24N6O3.